The van der Waals surface area contributed by atoms with Crippen molar-refractivity contribution >= 4 is 17.7 Å². The molecule has 142 valence electrons. The summed E-state index contributed by atoms with van der Waals surface area (Å²) in [7, 11) is 0. The zero-order valence-electron chi connectivity index (χ0n) is 15.6. The van der Waals surface area contributed by atoms with Gasteiger partial charge >= 0.3 is 0 Å². The Labute approximate surface area is 158 Å². The van der Waals surface area contributed by atoms with Crippen molar-refractivity contribution in [3.05, 3.63) is 47.4 Å². The van der Waals surface area contributed by atoms with Crippen molar-refractivity contribution in [2.75, 3.05) is 49.1 Å². The average Bonchev–Trinajstić information content (AvgIpc) is 3.22. The maximum absolute atomic E-state index is 13.9. The van der Waals surface area contributed by atoms with Gasteiger partial charge in [-0.2, -0.15) is 4.98 Å². The first-order chi connectivity index (χ1) is 13.1. The van der Waals surface area contributed by atoms with E-state index >= 15 is 0 Å². The molecular weight excluding hydrogens is 345 g/mol. The molecule has 2 aliphatic heterocycles. The third-order valence-electron chi connectivity index (χ3n) is 5.21. The van der Waals surface area contributed by atoms with Crippen molar-refractivity contribution in [3.63, 3.8) is 0 Å². The van der Waals surface area contributed by atoms with Crippen LogP contribution in [0.1, 0.15) is 28.9 Å². The molecule has 0 saturated carbocycles. The molecule has 2 saturated heterocycles. The number of amides is 1. The molecule has 0 radical (unpaired) electrons. The van der Waals surface area contributed by atoms with Gasteiger partial charge in [0.25, 0.3) is 5.91 Å². The number of halogens is 1. The van der Waals surface area contributed by atoms with Gasteiger partial charge in [0.1, 0.15) is 11.6 Å². The number of anilines is 2. The number of hydrogen-bond acceptors (Lipinski definition) is 5. The van der Waals surface area contributed by atoms with Crippen molar-refractivity contribution < 1.29 is 9.18 Å². The Morgan fingerprint density at radius 3 is 2.37 bits per heavy atom. The highest BCUT2D eigenvalue weighted by atomic mass is 19.1. The summed E-state index contributed by atoms with van der Waals surface area (Å²) in [6.07, 6.45) is 2.41. The van der Waals surface area contributed by atoms with Crippen LogP contribution < -0.4 is 9.80 Å². The van der Waals surface area contributed by atoms with E-state index in [9.17, 15) is 9.18 Å². The van der Waals surface area contributed by atoms with Gasteiger partial charge in [0.2, 0.25) is 5.95 Å². The molecule has 2 aliphatic rings. The fourth-order valence-corrected chi connectivity index (χ4v) is 3.70. The third kappa shape index (κ3) is 3.72. The molecule has 2 aromatic rings. The van der Waals surface area contributed by atoms with Gasteiger partial charge in [-0.15, -0.1) is 0 Å². The predicted molar refractivity (Wildman–Crippen MR) is 103 cm³/mol. The Morgan fingerprint density at radius 2 is 1.67 bits per heavy atom. The van der Waals surface area contributed by atoms with Crippen LogP contribution in [-0.4, -0.2) is 60.0 Å². The molecule has 1 aromatic carbocycles. The zero-order valence-corrected chi connectivity index (χ0v) is 15.6. The quantitative estimate of drug-likeness (QED) is 0.832. The van der Waals surface area contributed by atoms with Crippen molar-refractivity contribution in [1.82, 2.24) is 14.9 Å². The normalized spacial score (nSPS) is 17.5. The molecule has 0 N–H and O–H groups in total. The van der Waals surface area contributed by atoms with Crippen LogP contribution in [0.2, 0.25) is 0 Å². The topological polar surface area (TPSA) is 52.6 Å². The summed E-state index contributed by atoms with van der Waals surface area (Å²) in [6.45, 7) is 6.42. The fourth-order valence-electron chi connectivity index (χ4n) is 3.70. The van der Waals surface area contributed by atoms with Gasteiger partial charge < -0.3 is 14.7 Å². The summed E-state index contributed by atoms with van der Waals surface area (Å²) < 4.78 is 13.9. The van der Waals surface area contributed by atoms with Crippen LogP contribution in [0.3, 0.4) is 0 Å². The number of rotatable bonds is 3. The van der Waals surface area contributed by atoms with Crippen LogP contribution in [0, 0.1) is 12.7 Å². The Balaban J connectivity index is 1.45. The third-order valence-corrected chi connectivity index (χ3v) is 5.21. The van der Waals surface area contributed by atoms with Crippen LogP contribution in [0.25, 0.3) is 0 Å². The smallest absolute Gasteiger partial charge is 0.256 e. The fraction of sp³-hybridized carbons (Fsp3) is 0.450. The summed E-state index contributed by atoms with van der Waals surface area (Å²) >= 11 is 0. The highest BCUT2D eigenvalue weighted by Gasteiger charge is 2.26. The lowest BCUT2D eigenvalue weighted by atomic mass is 10.1. The monoisotopic (exact) mass is 369 g/mol. The van der Waals surface area contributed by atoms with Crippen LogP contribution >= 0.6 is 0 Å². The van der Waals surface area contributed by atoms with Gasteiger partial charge in [0.05, 0.1) is 5.56 Å². The molecule has 1 amide bonds. The first-order valence-corrected chi connectivity index (χ1v) is 9.51. The van der Waals surface area contributed by atoms with Crippen molar-refractivity contribution in [2.45, 2.75) is 19.8 Å². The summed E-state index contributed by atoms with van der Waals surface area (Å²) in [4.78, 5) is 28.0. The number of aromatic nitrogens is 2. The van der Waals surface area contributed by atoms with E-state index in [1.54, 1.807) is 17.0 Å². The van der Waals surface area contributed by atoms with Crippen LogP contribution in [0.4, 0.5) is 16.2 Å². The molecule has 0 spiro atoms. The number of carbonyl (C=O) groups excluding carboxylic acids is 1. The van der Waals surface area contributed by atoms with E-state index in [0.717, 1.165) is 30.5 Å². The molecule has 4 rings (SSSR count). The molecule has 7 heteroatoms. The maximum atomic E-state index is 13.9. The predicted octanol–water partition coefficient (Wildman–Crippen LogP) is 2.49. The molecule has 0 bridgehead atoms. The second kappa shape index (κ2) is 7.50. The first-order valence-electron chi connectivity index (χ1n) is 9.51. The van der Waals surface area contributed by atoms with Crippen LogP contribution in [0.15, 0.2) is 30.3 Å². The molecule has 6 nitrogen and oxygen atoms in total. The maximum Gasteiger partial charge on any atom is 0.256 e. The van der Waals surface area contributed by atoms with Crippen molar-refractivity contribution in [3.8, 4) is 0 Å². The van der Waals surface area contributed by atoms with Crippen molar-refractivity contribution in [2.24, 2.45) is 0 Å². The van der Waals surface area contributed by atoms with Gasteiger partial charge in [0.15, 0.2) is 0 Å². The largest absolute Gasteiger partial charge is 0.356 e. The van der Waals surface area contributed by atoms with E-state index < -0.39 is 5.82 Å². The van der Waals surface area contributed by atoms with Crippen LogP contribution in [0.5, 0.6) is 0 Å². The number of piperazine rings is 1. The minimum absolute atomic E-state index is 0.133. The van der Waals surface area contributed by atoms with E-state index in [4.69, 9.17) is 4.98 Å². The van der Waals surface area contributed by atoms with Gasteiger partial charge in [0, 0.05) is 51.0 Å². The number of carbonyl (C=O) groups is 1. The molecule has 3 heterocycles. The number of nitrogens with zero attached hydrogens (tertiary/aromatic N) is 5. The molecule has 0 aliphatic carbocycles. The molecular formula is C20H24FN5O. The number of hydrogen-bond donors (Lipinski definition) is 0. The minimum atomic E-state index is -0.470. The second-order valence-corrected chi connectivity index (χ2v) is 7.12. The lowest BCUT2D eigenvalue weighted by Crippen LogP contribution is -2.49. The van der Waals surface area contributed by atoms with Gasteiger partial charge in [-0.1, -0.05) is 12.1 Å². The highest BCUT2D eigenvalue weighted by Crippen LogP contribution is 2.22. The van der Waals surface area contributed by atoms with Crippen molar-refractivity contribution in [1.29, 1.82) is 0 Å². The van der Waals surface area contributed by atoms with E-state index in [2.05, 4.69) is 14.8 Å². The Morgan fingerprint density at radius 1 is 0.963 bits per heavy atom. The molecule has 2 fully saturated rings. The minimum Gasteiger partial charge on any atom is -0.356 e. The highest BCUT2D eigenvalue weighted by molar-refractivity contribution is 5.94. The van der Waals surface area contributed by atoms with E-state index in [1.807, 2.05) is 13.0 Å². The zero-order chi connectivity index (χ0) is 18.8. The van der Waals surface area contributed by atoms with Gasteiger partial charge in [-0.25, -0.2) is 9.37 Å². The second-order valence-electron chi connectivity index (χ2n) is 7.12. The summed E-state index contributed by atoms with van der Waals surface area (Å²) in [6, 6.07) is 8.18. The summed E-state index contributed by atoms with van der Waals surface area (Å²) in [5.41, 5.74) is 1.08. The van der Waals surface area contributed by atoms with Gasteiger partial charge in [-0.3, -0.25) is 4.79 Å². The Hall–Kier alpha value is -2.70. The number of aryl methyl sites for hydroxylation is 1. The van der Waals surface area contributed by atoms with E-state index in [1.165, 1.54) is 25.0 Å². The molecule has 0 atom stereocenters. The summed E-state index contributed by atoms with van der Waals surface area (Å²) in [5, 5.41) is 0. The molecule has 0 unspecified atom stereocenters. The Kier molecular flexibility index (Phi) is 4.92. The van der Waals surface area contributed by atoms with Crippen LogP contribution in [-0.2, 0) is 0 Å². The first kappa shape index (κ1) is 17.7. The SMILES string of the molecule is Cc1cc(N2CCCC2)nc(N2CCN(C(=O)c3ccccc3F)CC2)n1. The average molecular weight is 369 g/mol. The van der Waals surface area contributed by atoms with E-state index in [-0.39, 0.29) is 11.5 Å². The lowest BCUT2D eigenvalue weighted by Gasteiger charge is -2.35. The summed E-state index contributed by atoms with van der Waals surface area (Å²) in [5.74, 6) is 0.979. The number of benzene rings is 1. The lowest BCUT2D eigenvalue weighted by molar-refractivity contribution is 0.0741. The van der Waals surface area contributed by atoms with Gasteiger partial charge in [-0.05, 0) is 31.9 Å². The molecule has 27 heavy (non-hydrogen) atoms. The molecule has 1 aromatic heterocycles. The standard InChI is InChI=1S/C20H24FN5O/c1-15-14-18(24-8-4-5-9-24)23-20(22-15)26-12-10-25(11-13-26)19(27)16-6-2-3-7-17(16)21/h2-3,6-7,14H,4-5,8-13H2,1H3. The van der Waals surface area contributed by atoms with E-state index in [0.29, 0.717) is 26.2 Å². The Bertz CT molecular complexity index is 829.